The van der Waals surface area contributed by atoms with Gasteiger partial charge in [-0.1, -0.05) is 18.1 Å². The summed E-state index contributed by atoms with van der Waals surface area (Å²) in [7, 11) is 1.52. The lowest BCUT2D eigenvalue weighted by Crippen LogP contribution is -2.26. The maximum atomic E-state index is 12.4. The first-order valence-electron chi connectivity index (χ1n) is 6.72. The van der Waals surface area contributed by atoms with Crippen LogP contribution in [0.4, 0.5) is 0 Å². The summed E-state index contributed by atoms with van der Waals surface area (Å²) in [5.41, 5.74) is 0.505. The molecule has 2 rings (SSSR count). The molecule has 1 amide bonds. The predicted octanol–water partition coefficient (Wildman–Crippen LogP) is 1.54. The Morgan fingerprint density at radius 3 is 2.52 bits per heavy atom. The molecule has 0 spiro atoms. The second kappa shape index (κ2) is 6.71. The number of hydrogen-bond donors (Lipinski definition) is 2. The maximum Gasteiger partial charge on any atom is 0.343 e. The normalized spacial score (nSPS) is 15.8. The Hall–Kier alpha value is -3.20. The van der Waals surface area contributed by atoms with E-state index in [9.17, 15) is 14.7 Å². The standard InChI is InChI=1S/C17H15NO5/c1-4-9-18-16(20)13(11-5-7-12(22-3)8-6-11)15-14(19)10(2)17(21)23-15/h1,5-8,19H,9H2,2-3H3,(H,18,20)/b15-13+. The van der Waals surface area contributed by atoms with Gasteiger partial charge in [0.1, 0.15) is 5.75 Å². The summed E-state index contributed by atoms with van der Waals surface area (Å²) < 4.78 is 10.1. The molecule has 0 aliphatic carbocycles. The first-order valence-corrected chi connectivity index (χ1v) is 6.72. The van der Waals surface area contributed by atoms with Crippen LogP contribution < -0.4 is 10.1 Å². The van der Waals surface area contributed by atoms with Gasteiger partial charge in [0.05, 0.1) is 24.8 Å². The van der Waals surface area contributed by atoms with Gasteiger partial charge < -0.3 is 19.9 Å². The SMILES string of the molecule is C#CCNC(=O)/C(=C1/OC(=O)C(C)=C1O)c1ccc(OC)cc1. The Balaban J connectivity index is 2.55. The molecule has 1 aliphatic rings. The van der Waals surface area contributed by atoms with Crippen LogP contribution in [0.3, 0.4) is 0 Å². The summed E-state index contributed by atoms with van der Waals surface area (Å²) in [6.45, 7) is 1.42. The Kier molecular flexibility index (Phi) is 4.72. The number of amides is 1. The fourth-order valence-corrected chi connectivity index (χ4v) is 2.00. The van der Waals surface area contributed by atoms with Gasteiger partial charge in [-0.25, -0.2) is 4.79 Å². The second-order valence-electron chi connectivity index (χ2n) is 4.68. The quantitative estimate of drug-likeness (QED) is 0.500. The maximum absolute atomic E-state index is 12.4. The topological polar surface area (TPSA) is 84.9 Å². The van der Waals surface area contributed by atoms with E-state index in [1.165, 1.54) is 14.0 Å². The van der Waals surface area contributed by atoms with Gasteiger partial charge in [0.25, 0.3) is 5.91 Å². The number of esters is 1. The molecule has 0 saturated carbocycles. The van der Waals surface area contributed by atoms with Gasteiger partial charge >= 0.3 is 5.97 Å². The van der Waals surface area contributed by atoms with Gasteiger partial charge in [0.2, 0.25) is 0 Å². The minimum Gasteiger partial charge on any atom is -0.504 e. The number of cyclic esters (lactones) is 1. The van der Waals surface area contributed by atoms with E-state index in [0.717, 1.165) is 0 Å². The molecule has 0 aromatic heterocycles. The Morgan fingerprint density at radius 1 is 1.39 bits per heavy atom. The van der Waals surface area contributed by atoms with Crippen LogP contribution in [-0.2, 0) is 14.3 Å². The summed E-state index contributed by atoms with van der Waals surface area (Å²) in [5.74, 6) is 1.07. The number of terminal acetylenes is 1. The Morgan fingerprint density at radius 2 is 2.04 bits per heavy atom. The van der Waals surface area contributed by atoms with Crippen molar-refractivity contribution in [2.45, 2.75) is 6.92 Å². The molecule has 2 N–H and O–H groups in total. The van der Waals surface area contributed by atoms with Gasteiger partial charge in [-0.05, 0) is 24.6 Å². The zero-order valence-corrected chi connectivity index (χ0v) is 12.7. The highest BCUT2D eigenvalue weighted by molar-refractivity contribution is 6.21. The molecule has 1 aromatic carbocycles. The average Bonchev–Trinajstić information content (AvgIpc) is 2.81. The van der Waals surface area contributed by atoms with Crippen LogP contribution in [0.5, 0.6) is 5.75 Å². The van der Waals surface area contributed by atoms with Gasteiger partial charge in [-0.15, -0.1) is 6.42 Å². The number of nitrogens with one attached hydrogen (secondary N) is 1. The highest BCUT2D eigenvalue weighted by Gasteiger charge is 2.32. The average molecular weight is 313 g/mol. The molecule has 6 heteroatoms. The monoisotopic (exact) mass is 313 g/mol. The smallest absolute Gasteiger partial charge is 0.343 e. The van der Waals surface area contributed by atoms with Crippen LogP contribution in [0.25, 0.3) is 5.57 Å². The Bertz CT molecular complexity index is 750. The first kappa shape index (κ1) is 16.2. The fraction of sp³-hybridized carbons (Fsp3) is 0.176. The van der Waals surface area contributed by atoms with E-state index in [4.69, 9.17) is 15.9 Å². The van der Waals surface area contributed by atoms with E-state index < -0.39 is 11.9 Å². The van der Waals surface area contributed by atoms with Gasteiger partial charge in [0.15, 0.2) is 11.5 Å². The molecule has 23 heavy (non-hydrogen) atoms. The lowest BCUT2D eigenvalue weighted by Gasteiger charge is -2.11. The first-order chi connectivity index (χ1) is 11.0. The van der Waals surface area contributed by atoms with Crippen molar-refractivity contribution in [2.75, 3.05) is 13.7 Å². The number of rotatable bonds is 4. The third-order valence-corrected chi connectivity index (χ3v) is 3.26. The molecule has 0 radical (unpaired) electrons. The molecule has 1 aromatic rings. The molecule has 0 fully saturated rings. The summed E-state index contributed by atoms with van der Waals surface area (Å²) in [5, 5.41) is 12.6. The Labute approximate surface area is 133 Å². The highest BCUT2D eigenvalue weighted by Crippen LogP contribution is 2.32. The van der Waals surface area contributed by atoms with Crippen LogP contribution in [0.2, 0.25) is 0 Å². The van der Waals surface area contributed by atoms with Crippen LogP contribution in [0.15, 0.2) is 41.4 Å². The second-order valence-corrected chi connectivity index (χ2v) is 4.68. The third-order valence-electron chi connectivity index (χ3n) is 3.26. The van der Waals surface area contributed by atoms with Crippen molar-refractivity contribution in [1.82, 2.24) is 5.32 Å². The van der Waals surface area contributed by atoms with E-state index in [-0.39, 0.29) is 29.2 Å². The van der Waals surface area contributed by atoms with Crippen LogP contribution >= 0.6 is 0 Å². The molecule has 0 saturated heterocycles. The minimum atomic E-state index is -0.701. The zero-order valence-electron chi connectivity index (χ0n) is 12.7. The number of carbonyl (C=O) groups excluding carboxylic acids is 2. The number of benzene rings is 1. The van der Waals surface area contributed by atoms with E-state index in [1.807, 2.05) is 0 Å². The number of hydrogen-bond acceptors (Lipinski definition) is 5. The molecule has 1 aliphatic heterocycles. The zero-order chi connectivity index (χ0) is 17.0. The minimum absolute atomic E-state index is 0.00315. The van der Waals surface area contributed by atoms with Gasteiger partial charge in [0, 0.05) is 0 Å². The molecule has 6 nitrogen and oxygen atoms in total. The highest BCUT2D eigenvalue weighted by atomic mass is 16.6. The molecular formula is C17H15NO5. The number of aliphatic hydroxyl groups excluding tert-OH is 1. The van der Waals surface area contributed by atoms with E-state index in [0.29, 0.717) is 11.3 Å². The summed E-state index contributed by atoms with van der Waals surface area (Å²) >= 11 is 0. The van der Waals surface area contributed by atoms with Crippen LogP contribution in [-0.4, -0.2) is 30.6 Å². The molecule has 0 unspecified atom stereocenters. The van der Waals surface area contributed by atoms with Crippen LogP contribution in [0.1, 0.15) is 12.5 Å². The lowest BCUT2D eigenvalue weighted by atomic mass is 10.0. The van der Waals surface area contributed by atoms with Crippen molar-refractivity contribution in [1.29, 1.82) is 0 Å². The number of methoxy groups -OCH3 is 1. The van der Waals surface area contributed by atoms with Gasteiger partial charge in [-0.3, -0.25) is 4.79 Å². The molecule has 1 heterocycles. The summed E-state index contributed by atoms with van der Waals surface area (Å²) in [6, 6.07) is 6.53. The molecular weight excluding hydrogens is 298 g/mol. The van der Waals surface area contributed by atoms with Crippen molar-refractivity contribution in [3.8, 4) is 18.1 Å². The van der Waals surface area contributed by atoms with E-state index in [2.05, 4.69) is 11.2 Å². The largest absolute Gasteiger partial charge is 0.504 e. The fourth-order valence-electron chi connectivity index (χ4n) is 2.00. The number of carbonyl (C=O) groups is 2. The van der Waals surface area contributed by atoms with Crippen molar-refractivity contribution >= 4 is 17.4 Å². The van der Waals surface area contributed by atoms with Crippen molar-refractivity contribution in [3.63, 3.8) is 0 Å². The lowest BCUT2D eigenvalue weighted by molar-refractivity contribution is -0.133. The summed E-state index contributed by atoms with van der Waals surface area (Å²) in [6.07, 6.45) is 5.14. The number of aliphatic hydroxyl groups is 1. The van der Waals surface area contributed by atoms with Crippen molar-refractivity contribution in [3.05, 3.63) is 46.9 Å². The molecule has 118 valence electrons. The van der Waals surface area contributed by atoms with Gasteiger partial charge in [-0.2, -0.15) is 0 Å². The summed E-state index contributed by atoms with van der Waals surface area (Å²) in [4.78, 5) is 24.0. The van der Waals surface area contributed by atoms with Crippen LogP contribution in [0, 0.1) is 12.3 Å². The molecule has 0 bridgehead atoms. The number of ether oxygens (including phenoxy) is 2. The van der Waals surface area contributed by atoms with Crippen molar-refractivity contribution in [2.24, 2.45) is 0 Å². The van der Waals surface area contributed by atoms with Crippen molar-refractivity contribution < 1.29 is 24.2 Å². The predicted molar refractivity (Wildman–Crippen MR) is 83.2 cm³/mol. The molecule has 0 atom stereocenters. The van der Waals surface area contributed by atoms with E-state index >= 15 is 0 Å². The van der Waals surface area contributed by atoms with E-state index in [1.54, 1.807) is 24.3 Å². The third kappa shape index (κ3) is 3.19.